The monoisotopic (exact) mass is 728 g/mol. The van der Waals surface area contributed by atoms with Gasteiger partial charge in [-0.3, -0.25) is 9.11 Å². The molecule has 49 heavy (non-hydrogen) atoms. The van der Waals surface area contributed by atoms with Crippen LogP contribution in [0.3, 0.4) is 0 Å². The van der Waals surface area contributed by atoms with Crippen LogP contribution in [0.1, 0.15) is 130 Å². The van der Waals surface area contributed by atoms with E-state index >= 15 is 0 Å². The molecule has 2 rings (SSSR count). The first-order chi connectivity index (χ1) is 23.2. The zero-order valence-corrected chi connectivity index (χ0v) is 32.9. The van der Waals surface area contributed by atoms with Crippen molar-refractivity contribution in [2.75, 3.05) is 50.7 Å². The third kappa shape index (κ3) is 21.6. The van der Waals surface area contributed by atoms with E-state index < -0.39 is 30.0 Å². The maximum absolute atomic E-state index is 11.2. The van der Waals surface area contributed by atoms with E-state index in [0.717, 1.165) is 0 Å². The summed E-state index contributed by atoms with van der Waals surface area (Å²) in [6.45, 7) is 21.5. The zero-order chi connectivity index (χ0) is 37.3. The molecule has 0 heterocycles. The van der Waals surface area contributed by atoms with Crippen LogP contribution in [0, 0.1) is 0 Å². The molecule has 0 fully saturated rings. The van der Waals surface area contributed by atoms with E-state index in [0.29, 0.717) is 11.1 Å². The quantitative estimate of drug-likeness (QED) is 0.0684. The number of rotatable bonds is 22. The molecule has 0 radical (unpaired) electrons. The Kier molecular flexibility index (Phi) is 25.4. The van der Waals surface area contributed by atoms with Crippen LogP contribution in [0.25, 0.3) is 0 Å². The summed E-state index contributed by atoms with van der Waals surface area (Å²) in [4.78, 5) is 4.41. The molecule has 0 bridgehead atoms. The predicted octanol–water partition coefficient (Wildman–Crippen LogP) is 8.31. The van der Waals surface area contributed by atoms with Crippen molar-refractivity contribution in [3.05, 3.63) is 47.5 Å². The molecule has 0 saturated carbocycles. The normalized spacial score (nSPS) is 11.6. The molecule has 0 unspecified atom stereocenters. The Hall–Kier alpha value is -2.22. The third-order valence-corrected chi connectivity index (χ3v) is 9.91. The van der Waals surface area contributed by atoms with Gasteiger partial charge in [0.1, 0.15) is 9.79 Å². The van der Waals surface area contributed by atoms with Gasteiger partial charge in [-0.2, -0.15) is 16.8 Å². The number of unbranched alkanes of at least 4 members (excludes halogenated alkanes) is 6. The Labute approximate surface area is 299 Å². The number of nitrogen functional groups attached to an aromatic ring is 2. The molecular formula is C37H68N4O6S2. The third-order valence-electron chi connectivity index (χ3n) is 8.09. The predicted molar refractivity (Wildman–Crippen MR) is 206 cm³/mol. The molecule has 0 aliphatic carbocycles. The van der Waals surface area contributed by atoms with Gasteiger partial charge in [0.25, 0.3) is 20.2 Å². The Balaban J connectivity index is 0.000000763. The number of benzene rings is 2. The number of hydrogen-bond donors (Lipinski definition) is 4. The summed E-state index contributed by atoms with van der Waals surface area (Å²) >= 11 is 0. The average Bonchev–Trinajstić information content (AvgIpc) is 3.05. The Morgan fingerprint density at radius 3 is 0.939 bits per heavy atom. The fourth-order valence-electron chi connectivity index (χ4n) is 5.02. The number of nitrogens with zero attached hydrogens (tertiary/aromatic N) is 2. The second-order valence-corrected chi connectivity index (χ2v) is 15.5. The van der Waals surface area contributed by atoms with E-state index in [9.17, 15) is 16.8 Å². The first-order valence-electron chi connectivity index (χ1n) is 18.3. The van der Waals surface area contributed by atoms with Crippen molar-refractivity contribution in [3.63, 3.8) is 0 Å². The van der Waals surface area contributed by atoms with Gasteiger partial charge in [0.2, 0.25) is 0 Å². The highest BCUT2D eigenvalue weighted by molar-refractivity contribution is 7.86. The second kappa shape index (κ2) is 26.6. The fourth-order valence-corrected chi connectivity index (χ4v) is 6.35. The minimum absolute atomic E-state index is 0.104. The van der Waals surface area contributed by atoms with E-state index in [1.807, 2.05) is 0 Å². The highest BCUT2D eigenvalue weighted by Crippen LogP contribution is 2.24. The molecule has 0 saturated heterocycles. The first-order valence-corrected chi connectivity index (χ1v) is 21.2. The fraction of sp³-hybridized carbons (Fsp3) is 0.676. The molecule has 6 N–H and O–H groups in total. The van der Waals surface area contributed by atoms with Gasteiger partial charge in [-0.25, -0.2) is 0 Å². The summed E-state index contributed by atoms with van der Waals surface area (Å²) in [6.07, 6.45) is 16.3. The minimum atomic E-state index is -4.47. The van der Waals surface area contributed by atoms with Gasteiger partial charge in [-0.05, 0) is 120 Å². The molecule has 0 aliphatic heterocycles. The van der Waals surface area contributed by atoms with Crippen molar-refractivity contribution in [1.82, 2.24) is 9.80 Å². The van der Waals surface area contributed by atoms with Crippen molar-refractivity contribution < 1.29 is 25.9 Å². The minimum Gasteiger partial charge on any atom is -0.398 e. The SMILES string of the molecule is CCCCN(CCCC)CCCC.CCCCN(CCCC)CCCC.Nc1ccc(Cc2ccc(N)c(S(=O)(=O)O)c2)cc1S(=O)(=O)O. The Morgan fingerprint density at radius 2 is 0.735 bits per heavy atom. The van der Waals surface area contributed by atoms with Crippen molar-refractivity contribution >= 4 is 31.6 Å². The van der Waals surface area contributed by atoms with Crippen LogP contribution in [0.15, 0.2) is 46.2 Å². The standard InChI is InChI=1S/C13H14N2O6S2.2C12H27N/c14-10-3-1-8(6-12(10)22(16,17)18)5-9-2-4-11(15)13(7-9)23(19,20)21;2*1-4-7-10-13(11-8-5-2)12-9-6-3/h1-4,6-7H,5,14-15H2,(H,16,17,18)(H,19,20,21);2*4-12H2,1-3H3. The van der Waals surface area contributed by atoms with E-state index in [-0.39, 0.29) is 17.8 Å². The van der Waals surface area contributed by atoms with Crippen LogP contribution in [-0.2, 0) is 26.7 Å². The van der Waals surface area contributed by atoms with E-state index in [1.165, 1.54) is 153 Å². The van der Waals surface area contributed by atoms with E-state index in [1.54, 1.807) is 0 Å². The highest BCUT2D eigenvalue weighted by atomic mass is 32.2. The summed E-state index contributed by atoms with van der Waals surface area (Å²) in [5.41, 5.74) is 11.7. The van der Waals surface area contributed by atoms with Gasteiger partial charge < -0.3 is 21.3 Å². The molecular weight excluding hydrogens is 661 g/mol. The first kappa shape index (κ1) is 46.8. The van der Waals surface area contributed by atoms with Crippen LogP contribution < -0.4 is 11.5 Å². The van der Waals surface area contributed by atoms with Crippen LogP contribution >= 0.6 is 0 Å². The maximum Gasteiger partial charge on any atom is 0.296 e. The summed E-state index contributed by atoms with van der Waals surface area (Å²) in [7, 11) is -8.93. The average molecular weight is 729 g/mol. The molecule has 10 nitrogen and oxygen atoms in total. The summed E-state index contributed by atoms with van der Waals surface area (Å²) in [6, 6.07) is 8.09. The highest BCUT2D eigenvalue weighted by Gasteiger charge is 2.17. The second-order valence-electron chi connectivity index (χ2n) is 12.7. The molecule has 0 spiro atoms. The van der Waals surface area contributed by atoms with Crippen LogP contribution in [-0.4, -0.2) is 75.0 Å². The van der Waals surface area contributed by atoms with Crippen LogP contribution in [0.4, 0.5) is 11.4 Å². The lowest BCUT2D eigenvalue weighted by Crippen LogP contribution is -2.27. The van der Waals surface area contributed by atoms with E-state index in [4.69, 9.17) is 20.6 Å². The molecule has 0 atom stereocenters. The molecule has 2 aromatic carbocycles. The lowest BCUT2D eigenvalue weighted by Gasteiger charge is -2.21. The molecule has 0 aliphatic rings. The van der Waals surface area contributed by atoms with Gasteiger partial charge in [-0.1, -0.05) is 92.2 Å². The topological polar surface area (TPSA) is 167 Å². The number of nitrogens with two attached hydrogens (primary N) is 2. The molecule has 0 amide bonds. The lowest BCUT2D eigenvalue weighted by molar-refractivity contribution is 0.261. The Morgan fingerprint density at radius 1 is 0.490 bits per heavy atom. The van der Waals surface area contributed by atoms with Crippen LogP contribution in [0.2, 0.25) is 0 Å². The number of hydrogen-bond acceptors (Lipinski definition) is 8. The van der Waals surface area contributed by atoms with Gasteiger partial charge in [0.15, 0.2) is 0 Å². The molecule has 2 aromatic rings. The summed E-state index contributed by atoms with van der Waals surface area (Å²) in [5, 5.41) is 0. The number of anilines is 2. The molecule has 0 aromatic heterocycles. The smallest absolute Gasteiger partial charge is 0.296 e. The largest absolute Gasteiger partial charge is 0.398 e. The Bertz CT molecular complexity index is 1230. The molecule has 284 valence electrons. The van der Waals surface area contributed by atoms with Gasteiger partial charge in [0.05, 0.1) is 11.4 Å². The molecule has 12 heteroatoms. The zero-order valence-electron chi connectivity index (χ0n) is 31.3. The lowest BCUT2D eigenvalue weighted by atomic mass is 10.0. The van der Waals surface area contributed by atoms with Gasteiger partial charge in [-0.15, -0.1) is 0 Å². The summed E-state index contributed by atoms with van der Waals surface area (Å²) in [5.74, 6) is 0. The van der Waals surface area contributed by atoms with Crippen molar-refractivity contribution in [2.24, 2.45) is 0 Å². The summed E-state index contributed by atoms with van der Waals surface area (Å²) < 4.78 is 63.2. The van der Waals surface area contributed by atoms with Gasteiger partial charge in [0, 0.05) is 0 Å². The van der Waals surface area contributed by atoms with Crippen molar-refractivity contribution in [2.45, 2.75) is 135 Å². The van der Waals surface area contributed by atoms with Crippen molar-refractivity contribution in [3.8, 4) is 0 Å². The van der Waals surface area contributed by atoms with Crippen molar-refractivity contribution in [1.29, 1.82) is 0 Å². The van der Waals surface area contributed by atoms with Gasteiger partial charge >= 0.3 is 0 Å². The van der Waals surface area contributed by atoms with E-state index in [2.05, 4.69) is 51.3 Å². The maximum atomic E-state index is 11.2. The van der Waals surface area contributed by atoms with Crippen LogP contribution in [0.5, 0.6) is 0 Å².